The van der Waals surface area contributed by atoms with E-state index in [2.05, 4.69) is 10.2 Å². The Morgan fingerprint density at radius 3 is 2.88 bits per heavy atom. The van der Waals surface area contributed by atoms with Gasteiger partial charge in [0, 0.05) is 52.9 Å². The number of hydrogen-bond donors (Lipinski definition) is 2. The largest absolute Gasteiger partial charge is 0.383 e. The first-order chi connectivity index (χ1) is 7.77. The Kier molecular flexibility index (Phi) is 6.14. The Morgan fingerprint density at radius 2 is 2.31 bits per heavy atom. The number of rotatable bonds is 8. The first-order valence-corrected chi connectivity index (χ1v) is 5.72. The molecule has 1 saturated heterocycles. The highest BCUT2D eigenvalue weighted by molar-refractivity contribution is 5.76. The van der Waals surface area contributed by atoms with Crippen LogP contribution in [0, 0.1) is 0 Å². The lowest BCUT2D eigenvalue weighted by atomic mass is 10.4. The van der Waals surface area contributed by atoms with Gasteiger partial charge in [0.15, 0.2) is 0 Å². The van der Waals surface area contributed by atoms with E-state index in [0.717, 1.165) is 39.3 Å². The van der Waals surface area contributed by atoms with Crippen LogP contribution in [0.15, 0.2) is 0 Å². The number of hydrogen-bond acceptors (Lipinski definition) is 4. The number of ether oxygens (including phenoxy) is 1. The summed E-state index contributed by atoms with van der Waals surface area (Å²) in [5, 5.41) is 2.79. The third-order valence-corrected chi connectivity index (χ3v) is 2.69. The lowest BCUT2D eigenvalue weighted by molar-refractivity contribution is 0.142. The van der Waals surface area contributed by atoms with Crippen LogP contribution in [0.5, 0.6) is 0 Å². The van der Waals surface area contributed by atoms with Crippen LogP contribution in [0.2, 0.25) is 0 Å². The van der Waals surface area contributed by atoms with Gasteiger partial charge in [0.05, 0.1) is 6.61 Å². The van der Waals surface area contributed by atoms with Crippen molar-refractivity contribution in [2.75, 3.05) is 59.5 Å². The summed E-state index contributed by atoms with van der Waals surface area (Å²) >= 11 is 0. The van der Waals surface area contributed by atoms with E-state index in [1.165, 1.54) is 0 Å². The Bertz CT molecular complexity index is 213. The van der Waals surface area contributed by atoms with Crippen LogP contribution in [0.25, 0.3) is 0 Å². The van der Waals surface area contributed by atoms with Crippen molar-refractivity contribution in [2.45, 2.75) is 0 Å². The summed E-state index contributed by atoms with van der Waals surface area (Å²) in [7, 11) is 1.69. The van der Waals surface area contributed by atoms with E-state index in [4.69, 9.17) is 10.5 Å². The van der Waals surface area contributed by atoms with E-state index >= 15 is 0 Å². The van der Waals surface area contributed by atoms with Crippen molar-refractivity contribution in [1.82, 2.24) is 15.1 Å². The van der Waals surface area contributed by atoms with Crippen molar-refractivity contribution in [3.63, 3.8) is 0 Å². The van der Waals surface area contributed by atoms with E-state index in [-0.39, 0.29) is 6.03 Å². The zero-order valence-corrected chi connectivity index (χ0v) is 9.95. The highest BCUT2D eigenvalue weighted by Gasteiger charge is 2.19. The number of urea groups is 1. The summed E-state index contributed by atoms with van der Waals surface area (Å²) in [6.07, 6.45) is 0. The number of methoxy groups -OCH3 is 1. The summed E-state index contributed by atoms with van der Waals surface area (Å²) < 4.78 is 5.04. The van der Waals surface area contributed by atoms with Gasteiger partial charge >= 0.3 is 6.03 Å². The van der Waals surface area contributed by atoms with Crippen molar-refractivity contribution >= 4 is 6.03 Å². The molecule has 1 aliphatic rings. The Balaban J connectivity index is 2.22. The first-order valence-electron chi connectivity index (χ1n) is 5.72. The number of nitrogens with two attached hydrogens (primary N) is 1. The average Bonchev–Trinajstić information content (AvgIpc) is 2.68. The predicted octanol–water partition coefficient (Wildman–Crippen LogP) is -1.08. The van der Waals surface area contributed by atoms with E-state index < -0.39 is 0 Å². The van der Waals surface area contributed by atoms with Crippen LogP contribution in [0.4, 0.5) is 4.79 Å². The molecule has 0 aliphatic carbocycles. The average molecular weight is 230 g/mol. The Labute approximate surface area is 96.7 Å². The molecule has 0 spiro atoms. The van der Waals surface area contributed by atoms with Gasteiger partial charge < -0.3 is 20.7 Å². The minimum Gasteiger partial charge on any atom is -0.383 e. The lowest BCUT2D eigenvalue weighted by Crippen LogP contribution is -2.40. The fourth-order valence-electron chi connectivity index (χ4n) is 1.72. The highest BCUT2D eigenvalue weighted by atomic mass is 16.5. The SMILES string of the molecule is COCCN(CCN)CCN1CCNC1=O. The van der Waals surface area contributed by atoms with Crippen LogP contribution in [0.3, 0.4) is 0 Å². The zero-order valence-electron chi connectivity index (χ0n) is 9.95. The standard InChI is InChI=1S/C10H22N4O2/c1-16-9-8-13(4-2-11)6-7-14-5-3-12-10(14)15/h2-9,11H2,1H3,(H,12,15). The number of carbonyl (C=O) groups is 1. The van der Waals surface area contributed by atoms with Crippen LogP contribution in [0.1, 0.15) is 0 Å². The number of carbonyl (C=O) groups excluding carboxylic acids is 1. The fourth-order valence-corrected chi connectivity index (χ4v) is 1.72. The van der Waals surface area contributed by atoms with Crippen molar-refractivity contribution < 1.29 is 9.53 Å². The molecule has 0 unspecified atom stereocenters. The first kappa shape index (κ1) is 13.2. The molecule has 0 aromatic rings. The van der Waals surface area contributed by atoms with Crippen molar-refractivity contribution in [3.05, 3.63) is 0 Å². The number of nitrogens with zero attached hydrogens (tertiary/aromatic N) is 2. The minimum atomic E-state index is 0.0411. The van der Waals surface area contributed by atoms with E-state index in [1.807, 2.05) is 4.90 Å². The topological polar surface area (TPSA) is 70.8 Å². The molecule has 0 saturated carbocycles. The van der Waals surface area contributed by atoms with Crippen LogP contribution in [-0.2, 0) is 4.74 Å². The summed E-state index contributed by atoms with van der Waals surface area (Å²) in [6.45, 7) is 6.22. The van der Waals surface area contributed by atoms with Gasteiger partial charge in [0.25, 0.3) is 0 Å². The second kappa shape index (κ2) is 7.43. The van der Waals surface area contributed by atoms with Crippen LogP contribution in [-0.4, -0.2) is 75.4 Å². The molecule has 1 heterocycles. The molecule has 0 radical (unpaired) electrons. The molecular weight excluding hydrogens is 208 g/mol. The van der Waals surface area contributed by atoms with Gasteiger partial charge in [-0.05, 0) is 0 Å². The smallest absolute Gasteiger partial charge is 0.317 e. The normalized spacial score (nSPS) is 15.9. The second-order valence-corrected chi connectivity index (χ2v) is 3.84. The molecule has 0 aromatic carbocycles. The van der Waals surface area contributed by atoms with Crippen molar-refractivity contribution in [3.8, 4) is 0 Å². The lowest BCUT2D eigenvalue weighted by Gasteiger charge is -2.23. The third-order valence-electron chi connectivity index (χ3n) is 2.69. The van der Waals surface area contributed by atoms with Gasteiger partial charge in [0.1, 0.15) is 0 Å². The highest BCUT2D eigenvalue weighted by Crippen LogP contribution is 1.97. The van der Waals surface area contributed by atoms with Gasteiger partial charge in [-0.3, -0.25) is 4.90 Å². The minimum absolute atomic E-state index is 0.0411. The molecule has 94 valence electrons. The molecule has 0 atom stereocenters. The third kappa shape index (κ3) is 4.34. The molecule has 1 rings (SSSR count). The predicted molar refractivity (Wildman–Crippen MR) is 62.3 cm³/mol. The van der Waals surface area contributed by atoms with Gasteiger partial charge in [0.2, 0.25) is 0 Å². The van der Waals surface area contributed by atoms with Gasteiger partial charge in [-0.1, -0.05) is 0 Å². The van der Waals surface area contributed by atoms with E-state index in [0.29, 0.717) is 13.2 Å². The van der Waals surface area contributed by atoms with Gasteiger partial charge in [-0.15, -0.1) is 0 Å². The monoisotopic (exact) mass is 230 g/mol. The Morgan fingerprint density at radius 1 is 1.50 bits per heavy atom. The number of nitrogens with one attached hydrogen (secondary N) is 1. The Hall–Kier alpha value is -0.850. The molecular formula is C10H22N4O2. The molecule has 3 N–H and O–H groups in total. The van der Waals surface area contributed by atoms with E-state index in [9.17, 15) is 4.79 Å². The van der Waals surface area contributed by atoms with Gasteiger partial charge in [-0.2, -0.15) is 0 Å². The molecule has 0 aromatic heterocycles. The molecule has 1 aliphatic heterocycles. The van der Waals surface area contributed by atoms with Crippen molar-refractivity contribution in [2.24, 2.45) is 5.73 Å². The molecule has 1 fully saturated rings. The second-order valence-electron chi connectivity index (χ2n) is 3.84. The zero-order chi connectivity index (χ0) is 11.8. The fraction of sp³-hybridized carbons (Fsp3) is 0.900. The maximum absolute atomic E-state index is 11.3. The quantitative estimate of drug-likeness (QED) is 0.556. The summed E-state index contributed by atoms with van der Waals surface area (Å²) in [4.78, 5) is 15.4. The van der Waals surface area contributed by atoms with Crippen LogP contribution < -0.4 is 11.1 Å². The van der Waals surface area contributed by atoms with E-state index in [1.54, 1.807) is 7.11 Å². The maximum Gasteiger partial charge on any atom is 0.317 e. The van der Waals surface area contributed by atoms with Crippen LogP contribution >= 0.6 is 0 Å². The molecule has 2 amide bonds. The molecule has 0 bridgehead atoms. The summed E-state index contributed by atoms with van der Waals surface area (Å²) in [5.74, 6) is 0. The molecule has 6 heteroatoms. The van der Waals surface area contributed by atoms with Gasteiger partial charge in [-0.25, -0.2) is 4.79 Å². The van der Waals surface area contributed by atoms with Crippen molar-refractivity contribution in [1.29, 1.82) is 0 Å². The number of amides is 2. The summed E-state index contributed by atoms with van der Waals surface area (Å²) in [5.41, 5.74) is 5.54. The molecule has 16 heavy (non-hydrogen) atoms. The summed E-state index contributed by atoms with van der Waals surface area (Å²) in [6, 6.07) is 0.0411. The maximum atomic E-state index is 11.3. The molecule has 6 nitrogen and oxygen atoms in total.